The molecule has 1 aromatic heterocycles. The molecule has 152 valence electrons. The zero-order valence-corrected chi connectivity index (χ0v) is 16.5. The van der Waals surface area contributed by atoms with Gasteiger partial charge in [0, 0.05) is 36.1 Å². The van der Waals surface area contributed by atoms with Crippen molar-refractivity contribution in [3.63, 3.8) is 0 Å². The molecule has 31 heavy (non-hydrogen) atoms. The summed E-state index contributed by atoms with van der Waals surface area (Å²) in [7, 11) is 1.91. The Morgan fingerprint density at radius 2 is 1.90 bits per heavy atom. The molecule has 2 N–H and O–H groups in total. The van der Waals surface area contributed by atoms with E-state index in [1.807, 2.05) is 60.1 Å². The molecule has 0 spiro atoms. The van der Waals surface area contributed by atoms with Crippen molar-refractivity contribution in [2.24, 2.45) is 7.05 Å². The quantitative estimate of drug-likeness (QED) is 0.294. The Hall–Kier alpha value is -4.46. The fraction of sp³-hybridized carbons (Fsp3) is 0.0435. The summed E-state index contributed by atoms with van der Waals surface area (Å²) in [5.41, 5.74) is 5.25. The Balaban J connectivity index is 1.71. The van der Waals surface area contributed by atoms with Crippen LogP contribution in [0.15, 0.2) is 73.1 Å². The number of non-ortho nitro benzene ring substituents is 1. The molecular weight excluding hydrogens is 394 g/mol. The van der Waals surface area contributed by atoms with E-state index in [-0.39, 0.29) is 11.6 Å². The van der Waals surface area contributed by atoms with E-state index in [0.29, 0.717) is 22.5 Å². The minimum absolute atomic E-state index is 0.0727. The lowest BCUT2D eigenvalue weighted by Gasteiger charge is -2.15. The van der Waals surface area contributed by atoms with Crippen LogP contribution in [0.3, 0.4) is 0 Å². The van der Waals surface area contributed by atoms with E-state index < -0.39 is 4.92 Å². The normalized spacial score (nSPS) is 14.3. The predicted molar refractivity (Wildman–Crippen MR) is 119 cm³/mol. The number of benzene rings is 3. The number of nitro groups is 1. The smallest absolute Gasteiger partial charge is 0.270 e. The number of fused-ring (bicyclic) bond motifs is 2. The van der Waals surface area contributed by atoms with Crippen LogP contribution in [0, 0.1) is 10.1 Å². The minimum Gasteiger partial charge on any atom is -0.354 e. The maximum absolute atomic E-state index is 12.9. The Morgan fingerprint density at radius 3 is 2.68 bits per heavy atom. The van der Waals surface area contributed by atoms with E-state index in [2.05, 4.69) is 15.6 Å². The highest BCUT2D eigenvalue weighted by atomic mass is 16.6. The highest BCUT2D eigenvalue weighted by Crippen LogP contribution is 2.39. The molecule has 0 bridgehead atoms. The summed E-state index contributed by atoms with van der Waals surface area (Å²) in [5, 5.41) is 17.5. The number of carbonyl (C=O) groups is 1. The SMILES string of the molecule is Cn1cnc2ccc(NC(=C3C(=O)Nc4ccc([N+](=O)[O-])cc43)c3ccccc3)cc21. The van der Waals surface area contributed by atoms with Gasteiger partial charge in [0.15, 0.2) is 0 Å². The molecule has 0 aliphatic carbocycles. The van der Waals surface area contributed by atoms with E-state index >= 15 is 0 Å². The van der Waals surface area contributed by atoms with Gasteiger partial charge in [0.05, 0.1) is 33.6 Å². The summed E-state index contributed by atoms with van der Waals surface area (Å²) >= 11 is 0. The number of rotatable bonds is 4. The standard InChI is InChI=1S/C23H17N5O3/c1-27-13-24-19-9-7-15(11-20(19)27)25-22(14-5-3-2-4-6-14)21-17-12-16(28(30)31)8-10-18(17)26-23(21)29/h2-13,25H,1H3,(H,26,29). The van der Waals surface area contributed by atoms with Crippen molar-refractivity contribution in [2.45, 2.75) is 0 Å². The summed E-state index contributed by atoms with van der Waals surface area (Å²) in [5.74, 6) is -0.316. The van der Waals surface area contributed by atoms with Gasteiger partial charge in [0.25, 0.3) is 11.6 Å². The number of aromatic nitrogens is 2. The Bertz CT molecular complexity index is 1390. The topological polar surface area (TPSA) is 102 Å². The maximum atomic E-state index is 12.9. The number of hydrogen-bond acceptors (Lipinski definition) is 5. The molecule has 1 aliphatic rings. The number of aryl methyl sites for hydroxylation is 1. The molecule has 8 heteroatoms. The molecule has 3 aromatic carbocycles. The summed E-state index contributed by atoms with van der Waals surface area (Å²) in [6, 6.07) is 19.5. The molecule has 5 rings (SSSR count). The van der Waals surface area contributed by atoms with Crippen molar-refractivity contribution in [2.75, 3.05) is 10.6 Å². The van der Waals surface area contributed by atoms with Crippen LogP contribution < -0.4 is 10.6 Å². The van der Waals surface area contributed by atoms with Crippen LogP contribution in [0.25, 0.3) is 22.3 Å². The number of nitro benzene ring substituents is 1. The van der Waals surface area contributed by atoms with Gasteiger partial charge >= 0.3 is 0 Å². The van der Waals surface area contributed by atoms with Crippen LogP contribution in [0.1, 0.15) is 11.1 Å². The summed E-state index contributed by atoms with van der Waals surface area (Å²) in [6.45, 7) is 0. The van der Waals surface area contributed by atoms with Crippen molar-refractivity contribution >= 4 is 45.3 Å². The summed E-state index contributed by atoms with van der Waals surface area (Å²) < 4.78 is 1.91. The van der Waals surface area contributed by atoms with Gasteiger partial charge in [-0.3, -0.25) is 14.9 Å². The van der Waals surface area contributed by atoms with Crippen LogP contribution in [0.5, 0.6) is 0 Å². The molecule has 0 unspecified atom stereocenters. The third kappa shape index (κ3) is 3.20. The molecule has 0 fully saturated rings. The second-order valence-corrected chi connectivity index (χ2v) is 7.24. The first-order valence-electron chi connectivity index (χ1n) is 9.59. The first-order valence-corrected chi connectivity index (χ1v) is 9.59. The van der Waals surface area contributed by atoms with Gasteiger partial charge in [-0.25, -0.2) is 4.98 Å². The van der Waals surface area contributed by atoms with Gasteiger partial charge < -0.3 is 15.2 Å². The lowest BCUT2D eigenvalue weighted by Crippen LogP contribution is -2.10. The first kappa shape index (κ1) is 18.6. The van der Waals surface area contributed by atoms with Crippen LogP contribution in [0.4, 0.5) is 17.1 Å². The molecule has 0 saturated carbocycles. The molecular formula is C23H17N5O3. The largest absolute Gasteiger partial charge is 0.354 e. The zero-order chi connectivity index (χ0) is 21.5. The molecule has 0 radical (unpaired) electrons. The van der Waals surface area contributed by atoms with Crippen molar-refractivity contribution in [1.82, 2.24) is 9.55 Å². The zero-order valence-electron chi connectivity index (χ0n) is 16.5. The Kier molecular flexibility index (Phi) is 4.25. The molecule has 8 nitrogen and oxygen atoms in total. The van der Waals surface area contributed by atoms with E-state index in [0.717, 1.165) is 22.3 Å². The van der Waals surface area contributed by atoms with Gasteiger partial charge in [-0.2, -0.15) is 0 Å². The van der Waals surface area contributed by atoms with Gasteiger partial charge in [-0.05, 0) is 29.8 Å². The third-order valence-corrected chi connectivity index (χ3v) is 5.27. The number of hydrogen-bond donors (Lipinski definition) is 2. The lowest BCUT2D eigenvalue weighted by molar-refractivity contribution is -0.384. The second-order valence-electron chi connectivity index (χ2n) is 7.24. The van der Waals surface area contributed by atoms with Gasteiger partial charge in [-0.15, -0.1) is 0 Å². The van der Waals surface area contributed by atoms with E-state index in [1.54, 1.807) is 12.4 Å². The van der Waals surface area contributed by atoms with Crippen molar-refractivity contribution in [3.8, 4) is 0 Å². The second kappa shape index (κ2) is 7.10. The Morgan fingerprint density at radius 1 is 1.10 bits per heavy atom. The van der Waals surface area contributed by atoms with Gasteiger partial charge in [0.2, 0.25) is 0 Å². The van der Waals surface area contributed by atoms with Crippen LogP contribution >= 0.6 is 0 Å². The van der Waals surface area contributed by atoms with Crippen LogP contribution in [0.2, 0.25) is 0 Å². The monoisotopic (exact) mass is 411 g/mol. The van der Waals surface area contributed by atoms with Crippen molar-refractivity contribution in [1.29, 1.82) is 0 Å². The fourth-order valence-corrected chi connectivity index (χ4v) is 3.75. The van der Waals surface area contributed by atoms with E-state index in [1.165, 1.54) is 12.1 Å². The molecule has 1 amide bonds. The van der Waals surface area contributed by atoms with E-state index in [9.17, 15) is 14.9 Å². The number of nitrogens with zero attached hydrogens (tertiary/aromatic N) is 3. The average molecular weight is 411 g/mol. The number of anilines is 2. The number of imidazole rings is 1. The molecule has 1 aliphatic heterocycles. The minimum atomic E-state index is -0.466. The fourth-order valence-electron chi connectivity index (χ4n) is 3.75. The third-order valence-electron chi connectivity index (χ3n) is 5.27. The number of amides is 1. The molecule has 2 heterocycles. The van der Waals surface area contributed by atoms with Crippen LogP contribution in [-0.4, -0.2) is 20.4 Å². The predicted octanol–water partition coefficient (Wildman–Crippen LogP) is 4.41. The molecule has 0 atom stereocenters. The summed E-state index contributed by atoms with van der Waals surface area (Å²) in [6.07, 6.45) is 1.74. The first-order chi connectivity index (χ1) is 15.0. The molecule has 0 saturated heterocycles. The van der Waals surface area contributed by atoms with E-state index in [4.69, 9.17) is 0 Å². The number of carbonyl (C=O) groups excluding carboxylic acids is 1. The van der Waals surface area contributed by atoms with Crippen LogP contribution in [-0.2, 0) is 11.8 Å². The van der Waals surface area contributed by atoms with Gasteiger partial charge in [0.1, 0.15) is 0 Å². The van der Waals surface area contributed by atoms with Crippen molar-refractivity contribution < 1.29 is 9.72 Å². The lowest BCUT2D eigenvalue weighted by atomic mass is 9.99. The summed E-state index contributed by atoms with van der Waals surface area (Å²) in [4.78, 5) is 28.1. The highest BCUT2D eigenvalue weighted by Gasteiger charge is 2.30. The molecule has 4 aromatic rings. The Labute approximate surface area is 177 Å². The van der Waals surface area contributed by atoms with Gasteiger partial charge in [-0.1, -0.05) is 30.3 Å². The average Bonchev–Trinajstić information content (AvgIpc) is 3.31. The highest BCUT2D eigenvalue weighted by molar-refractivity contribution is 6.37. The van der Waals surface area contributed by atoms with Crippen molar-refractivity contribution in [3.05, 3.63) is 94.3 Å². The maximum Gasteiger partial charge on any atom is 0.270 e. The number of nitrogens with one attached hydrogen (secondary N) is 2.